The average Bonchev–Trinajstić information content (AvgIpc) is 2.34. The molecular weight excluding hydrogens is 214 g/mol. The van der Waals surface area contributed by atoms with E-state index in [4.69, 9.17) is 10.5 Å². The number of ether oxygens (including phenoxy) is 1. The Hall–Kier alpha value is -0.570. The summed E-state index contributed by atoms with van der Waals surface area (Å²) in [5.74, 6) is -0.173. The highest BCUT2D eigenvalue weighted by molar-refractivity contribution is 5.80. The van der Waals surface area contributed by atoms with Gasteiger partial charge in [-0.25, -0.2) is 0 Å². The minimum absolute atomic E-state index is 0.173. The second kappa shape index (κ2) is 7.70. The van der Waals surface area contributed by atoms with Gasteiger partial charge in [0.25, 0.3) is 0 Å². The standard InChI is InChI=1S/C14H27NO2/c1-2-3-4-5-9-12-17-13(16)14(15)10-7-6-8-11-14/h2-12,15H2,1H3. The van der Waals surface area contributed by atoms with Gasteiger partial charge in [0.2, 0.25) is 0 Å². The molecule has 0 spiro atoms. The summed E-state index contributed by atoms with van der Waals surface area (Å²) in [7, 11) is 0. The third-order valence-corrected chi connectivity index (χ3v) is 3.63. The van der Waals surface area contributed by atoms with Crippen molar-refractivity contribution in [2.75, 3.05) is 6.61 Å². The first-order chi connectivity index (χ1) is 8.19. The number of hydrogen-bond donors (Lipinski definition) is 1. The fraction of sp³-hybridized carbons (Fsp3) is 0.929. The van der Waals surface area contributed by atoms with Crippen LogP contribution < -0.4 is 5.73 Å². The summed E-state index contributed by atoms with van der Waals surface area (Å²) in [6.45, 7) is 2.74. The Morgan fingerprint density at radius 3 is 2.41 bits per heavy atom. The lowest BCUT2D eigenvalue weighted by molar-refractivity contribution is -0.151. The number of carbonyl (C=O) groups is 1. The first-order valence-corrected chi connectivity index (χ1v) is 7.15. The van der Waals surface area contributed by atoms with E-state index in [9.17, 15) is 4.79 Å². The normalized spacial score (nSPS) is 18.9. The van der Waals surface area contributed by atoms with Crippen molar-refractivity contribution in [1.29, 1.82) is 0 Å². The van der Waals surface area contributed by atoms with Crippen LogP contribution in [0.1, 0.15) is 71.1 Å². The summed E-state index contributed by atoms with van der Waals surface area (Å²) in [6, 6.07) is 0. The Balaban J connectivity index is 2.11. The molecule has 1 saturated carbocycles. The van der Waals surface area contributed by atoms with Crippen LogP contribution in [0.4, 0.5) is 0 Å². The molecule has 3 nitrogen and oxygen atoms in total. The highest BCUT2D eigenvalue weighted by Gasteiger charge is 2.36. The third-order valence-electron chi connectivity index (χ3n) is 3.63. The van der Waals surface area contributed by atoms with Crippen molar-refractivity contribution in [2.45, 2.75) is 76.7 Å². The number of nitrogens with two attached hydrogens (primary N) is 1. The molecule has 1 aliphatic rings. The second-order valence-corrected chi connectivity index (χ2v) is 5.27. The van der Waals surface area contributed by atoms with Gasteiger partial charge in [0.15, 0.2) is 0 Å². The zero-order chi connectivity index (χ0) is 12.6. The quantitative estimate of drug-likeness (QED) is 0.550. The lowest BCUT2D eigenvalue weighted by Crippen LogP contribution is -2.50. The minimum Gasteiger partial charge on any atom is -0.464 e. The third kappa shape index (κ3) is 5.07. The average molecular weight is 241 g/mol. The number of rotatable bonds is 7. The summed E-state index contributed by atoms with van der Waals surface area (Å²) >= 11 is 0. The van der Waals surface area contributed by atoms with Gasteiger partial charge in [0.1, 0.15) is 5.54 Å². The van der Waals surface area contributed by atoms with Crippen molar-refractivity contribution in [2.24, 2.45) is 5.73 Å². The summed E-state index contributed by atoms with van der Waals surface area (Å²) < 4.78 is 5.30. The van der Waals surface area contributed by atoms with E-state index in [-0.39, 0.29) is 5.97 Å². The lowest BCUT2D eigenvalue weighted by atomic mass is 9.83. The van der Waals surface area contributed by atoms with E-state index in [0.717, 1.165) is 38.5 Å². The first kappa shape index (κ1) is 14.5. The summed E-state index contributed by atoms with van der Waals surface area (Å²) in [4.78, 5) is 11.9. The van der Waals surface area contributed by atoms with Crippen LogP contribution in [0, 0.1) is 0 Å². The number of carbonyl (C=O) groups excluding carboxylic acids is 1. The lowest BCUT2D eigenvalue weighted by Gasteiger charge is -2.30. The molecule has 1 rings (SSSR count). The van der Waals surface area contributed by atoms with Gasteiger partial charge < -0.3 is 10.5 Å². The molecule has 1 fully saturated rings. The highest BCUT2D eigenvalue weighted by Crippen LogP contribution is 2.27. The fourth-order valence-electron chi connectivity index (χ4n) is 2.40. The smallest absolute Gasteiger partial charge is 0.326 e. The zero-order valence-corrected chi connectivity index (χ0v) is 11.2. The summed E-state index contributed by atoms with van der Waals surface area (Å²) in [6.07, 6.45) is 10.8. The Kier molecular flexibility index (Phi) is 6.56. The number of hydrogen-bond acceptors (Lipinski definition) is 3. The van der Waals surface area contributed by atoms with Gasteiger partial charge in [-0.3, -0.25) is 4.79 Å². The monoisotopic (exact) mass is 241 g/mol. The molecule has 0 saturated heterocycles. The number of unbranched alkanes of at least 4 members (excludes halogenated alkanes) is 4. The molecule has 0 radical (unpaired) electrons. The van der Waals surface area contributed by atoms with E-state index in [0.29, 0.717) is 6.61 Å². The van der Waals surface area contributed by atoms with Crippen molar-refractivity contribution >= 4 is 5.97 Å². The Morgan fingerprint density at radius 2 is 1.76 bits per heavy atom. The largest absolute Gasteiger partial charge is 0.464 e. The Bertz CT molecular complexity index is 222. The maximum absolute atomic E-state index is 11.9. The molecular formula is C14H27NO2. The van der Waals surface area contributed by atoms with Gasteiger partial charge in [0, 0.05) is 0 Å². The molecule has 3 heteroatoms. The molecule has 0 aromatic carbocycles. The summed E-state index contributed by atoms with van der Waals surface area (Å²) in [5.41, 5.74) is 5.41. The molecule has 1 aliphatic carbocycles. The van der Waals surface area contributed by atoms with Crippen LogP contribution in [0.2, 0.25) is 0 Å². The van der Waals surface area contributed by atoms with E-state index < -0.39 is 5.54 Å². The van der Waals surface area contributed by atoms with Gasteiger partial charge in [0.05, 0.1) is 6.61 Å². The van der Waals surface area contributed by atoms with Crippen LogP contribution in [0.15, 0.2) is 0 Å². The van der Waals surface area contributed by atoms with E-state index in [1.54, 1.807) is 0 Å². The van der Waals surface area contributed by atoms with Crippen LogP contribution in [0.25, 0.3) is 0 Å². The summed E-state index contributed by atoms with van der Waals surface area (Å²) in [5, 5.41) is 0. The first-order valence-electron chi connectivity index (χ1n) is 7.15. The maximum Gasteiger partial charge on any atom is 0.326 e. The molecule has 0 heterocycles. The second-order valence-electron chi connectivity index (χ2n) is 5.27. The van der Waals surface area contributed by atoms with Crippen molar-refractivity contribution in [3.63, 3.8) is 0 Å². The molecule has 0 amide bonds. The van der Waals surface area contributed by atoms with Gasteiger partial charge in [-0.15, -0.1) is 0 Å². The highest BCUT2D eigenvalue weighted by atomic mass is 16.5. The van der Waals surface area contributed by atoms with E-state index >= 15 is 0 Å². The predicted molar refractivity (Wildman–Crippen MR) is 69.7 cm³/mol. The molecule has 0 bridgehead atoms. The van der Waals surface area contributed by atoms with Gasteiger partial charge in [-0.2, -0.15) is 0 Å². The zero-order valence-electron chi connectivity index (χ0n) is 11.2. The topological polar surface area (TPSA) is 52.3 Å². The van der Waals surface area contributed by atoms with Gasteiger partial charge in [-0.05, 0) is 19.3 Å². The van der Waals surface area contributed by atoms with Crippen molar-refractivity contribution in [1.82, 2.24) is 0 Å². The number of esters is 1. The molecule has 17 heavy (non-hydrogen) atoms. The van der Waals surface area contributed by atoms with Crippen LogP contribution >= 0.6 is 0 Å². The Morgan fingerprint density at radius 1 is 1.12 bits per heavy atom. The van der Waals surface area contributed by atoms with Crippen LogP contribution in [-0.2, 0) is 9.53 Å². The van der Waals surface area contributed by atoms with Crippen LogP contribution in [0.3, 0.4) is 0 Å². The van der Waals surface area contributed by atoms with Crippen molar-refractivity contribution in [3.8, 4) is 0 Å². The van der Waals surface area contributed by atoms with Crippen molar-refractivity contribution < 1.29 is 9.53 Å². The van der Waals surface area contributed by atoms with Crippen LogP contribution in [0.5, 0.6) is 0 Å². The van der Waals surface area contributed by atoms with Gasteiger partial charge >= 0.3 is 5.97 Å². The van der Waals surface area contributed by atoms with Gasteiger partial charge in [-0.1, -0.05) is 51.9 Å². The maximum atomic E-state index is 11.9. The van der Waals surface area contributed by atoms with Crippen molar-refractivity contribution in [3.05, 3.63) is 0 Å². The van der Waals surface area contributed by atoms with E-state index in [1.165, 1.54) is 25.7 Å². The molecule has 0 aliphatic heterocycles. The van der Waals surface area contributed by atoms with Crippen LogP contribution in [-0.4, -0.2) is 18.1 Å². The molecule has 100 valence electrons. The Labute approximate surface area is 105 Å². The molecule has 0 aromatic rings. The SMILES string of the molecule is CCCCCCCOC(=O)C1(N)CCCCC1. The molecule has 2 N–H and O–H groups in total. The minimum atomic E-state index is -0.679. The fourth-order valence-corrected chi connectivity index (χ4v) is 2.40. The molecule has 0 unspecified atom stereocenters. The predicted octanol–water partition coefficient (Wildman–Crippen LogP) is 3.16. The molecule has 0 aromatic heterocycles. The molecule has 0 atom stereocenters. The van der Waals surface area contributed by atoms with E-state index in [2.05, 4.69) is 6.92 Å². The van der Waals surface area contributed by atoms with E-state index in [1.807, 2.05) is 0 Å².